The predicted molar refractivity (Wildman–Crippen MR) is 136 cm³/mol. The summed E-state index contributed by atoms with van der Waals surface area (Å²) in [4.78, 5) is 28.0. The molecular weight excluding hydrogens is 466 g/mol. The highest BCUT2D eigenvalue weighted by molar-refractivity contribution is 6.74. The van der Waals surface area contributed by atoms with E-state index in [1.54, 1.807) is 4.90 Å². The van der Waals surface area contributed by atoms with Gasteiger partial charge in [0.05, 0.1) is 25.9 Å². The van der Waals surface area contributed by atoms with Crippen LogP contribution < -0.4 is 0 Å². The van der Waals surface area contributed by atoms with E-state index in [2.05, 4.69) is 33.9 Å². The highest BCUT2D eigenvalue weighted by Gasteiger charge is 2.54. The minimum atomic E-state index is -2.26. The van der Waals surface area contributed by atoms with Crippen molar-refractivity contribution in [3.05, 3.63) is 35.9 Å². The zero-order chi connectivity index (χ0) is 26.7. The van der Waals surface area contributed by atoms with Gasteiger partial charge < -0.3 is 23.4 Å². The number of benzene rings is 1. The quantitative estimate of drug-likeness (QED) is 0.373. The lowest BCUT2D eigenvalue weighted by atomic mass is 9.95. The number of nitrogens with zero attached hydrogens (tertiary/aromatic N) is 1. The van der Waals surface area contributed by atoms with E-state index in [0.29, 0.717) is 0 Å². The van der Waals surface area contributed by atoms with Crippen LogP contribution in [0, 0.1) is 0 Å². The van der Waals surface area contributed by atoms with Gasteiger partial charge in [-0.3, -0.25) is 4.90 Å². The Morgan fingerprint density at radius 1 is 1.09 bits per heavy atom. The van der Waals surface area contributed by atoms with Crippen molar-refractivity contribution >= 4 is 20.4 Å². The molecule has 2 rings (SSSR count). The van der Waals surface area contributed by atoms with Gasteiger partial charge in [-0.2, -0.15) is 0 Å². The van der Waals surface area contributed by atoms with Gasteiger partial charge in [0.1, 0.15) is 5.60 Å². The lowest BCUT2D eigenvalue weighted by molar-refractivity contribution is -0.271. The first-order chi connectivity index (χ1) is 16.0. The Kier molecular flexibility index (Phi) is 9.19. The molecule has 198 valence electrons. The summed E-state index contributed by atoms with van der Waals surface area (Å²) in [7, 11) is 0.426. The Morgan fingerprint density at radius 3 is 2.17 bits per heavy atom. The van der Waals surface area contributed by atoms with Crippen LogP contribution in [-0.2, 0) is 34.7 Å². The van der Waals surface area contributed by atoms with Gasteiger partial charge in [0.15, 0.2) is 8.32 Å². The molecule has 0 saturated carbocycles. The molecule has 9 heteroatoms. The number of carbonyl (C=O) groups is 2. The van der Waals surface area contributed by atoms with Crippen molar-refractivity contribution in [2.24, 2.45) is 0 Å². The van der Waals surface area contributed by atoms with Gasteiger partial charge in [-0.1, -0.05) is 51.1 Å². The minimum Gasteiger partial charge on any atom is -0.465 e. The Bertz CT molecular complexity index is 863. The summed E-state index contributed by atoms with van der Waals surface area (Å²) >= 11 is 0. The fourth-order valence-corrected chi connectivity index (χ4v) is 5.05. The summed E-state index contributed by atoms with van der Waals surface area (Å²) in [6.07, 6.45) is -0.936. The van der Waals surface area contributed by atoms with Crippen molar-refractivity contribution in [2.75, 3.05) is 20.8 Å². The van der Waals surface area contributed by atoms with Gasteiger partial charge in [0.25, 0.3) is 5.79 Å². The van der Waals surface area contributed by atoms with Crippen LogP contribution in [0.4, 0.5) is 4.79 Å². The van der Waals surface area contributed by atoms with Crippen molar-refractivity contribution in [3.8, 4) is 0 Å². The van der Waals surface area contributed by atoms with Crippen LogP contribution in [0.5, 0.6) is 0 Å². The monoisotopic (exact) mass is 509 g/mol. The molecule has 1 heterocycles. The first-order valence-electron chi connectivity index (χ1n) is 12.0. The SMILES string of the molecule is COC(=O)[C@@]1(OC)C[C@@H](N(Cc2ccccc2)C(=O)OC(C)(C)C)[C@H](O[Si](C)(C)C(C)(C)C)CO1. The lowest BCUT2D eigenvalue weighted by Crippen LogP contribution is -2.63. The zero-order valence-electron chi connectivity index (χ0n) is 23.0. The smallest absolute Gasteiger partial charge is 0.410 e. The third-order valence-corrected chi connectivity index (χ3v) is 11.2. The number of amides is 1. The summed E-state index contributed by atoms with van der Waals surface area (Å²) < 4.78 is 29.1. The van der Waals surface area contributed by atoms with Crippen LogP contribution in [0.25, 0.3) is 0 Å². The number of rotatable bonds is 7. The molecular formula is C26H43NO7Si. The van der Waals surface area contributed by atoms with E-state index in [1.807, 2.05) is 51.1 Å². The Hall–Kier alpha value is -1.94. The molecule has 0 aromatic heterocycles. The first-order valence-corrected chi connectivity index (χ1v) is 14.9. The maximum absolute atomic E-state index is 13.6. The fourth-order valence-electron chi connectivity index (χ4n) is 3.71. The van der Waals surface area contributed by atoms with Crippen molar-refractivity contribution in [3.63, 3.8) is 0 Å². The summed E-state index contributed by atoms with van der Waals surface area (Å²) in [6, 6.07) is 9.10. The van der Waals surface area contributed by atoms with Crippen LogP contribution >= 0.6 is 0 Å². The number of ether oxygens (including phenoxy) is 4. The molecule has 8 nitrogen and oxygen atoms in total. The van der Waals surface area contributed by atoms with Gasteiger partial charge in [0.2, 0.25) is 0 Å². The number of esters is 1. The average Bonchev–Trinajstić information content (AvgIpc) is 2.76. The number of hydrogen-bond donors (Lipinski definition) is 0. The van der Waals surface area contributed by atoms with Gasteiger partial charge in [-0.15, -0.1) is 0 Å². The number of hydrogen-bond acceptors (Lipinski definition) is 7. The standard InChI is InChI=1S/C26H43NO7Si/c1-24(2,3)33-23(29)27(17-19-14-12-11-13-15-19)20-16-26(31-8,22(28)30-7)32-18-21(20)34-35(9,10)25(4,5)6/h11-15,20-21H,16-18H2,1-10H3/t20-,21-,26-/m1/s1. The summed E-state index contributed by atoms with van der Waals surface area (Å²) in [5.74, 6) is -2.30. The maximum Gasteiger partial charge on any atom is 0.410 e. The Balaban J connectivity index is 2.56. The zero-order valence-corrected chi connectivity index (χ0v) is 24.0. The molecule has 0 N–H and O–H groups in total. The number of methoxy groups -OCH3 is 2. The lowest BCUT2D eigenvalue weighted by Gasteiger charge is -2.49. The highest BCUT2D eigenvalue weighted by atomic mass is 28.4. The molecule has 1 amide bonds. The second kappa shape index (κ2) is 11.0. The fraction of sp³-hybridized carbons (Fsp3) is 0.692. The first kappa shape index (κ1) is 29.3. The molecule has 1 saturated heterocycles. The average molecular weight is 510 g/mol. The molecule has 1 fully saturated rings. The third-order valence-electron chi connectivity index (χ3n) is 6.69. The van der Waals surface area contributed by atoms with Crippen molar-refractivity contribution in [1.29, 1.82) is 0 Å². The maximum atomic E-state index is 13.6. The molecule has 1 aromatic rings. The Labute approximate surface area is 211 Å². The van der Waals surface area contributed by atoms with E-state index in [9.17, 15) is 9.59 Å². The Morgan fingerprint density at radius 2 is 1.69 bits per heavy atom. The van der Waals surface area contributed by atoms with Crippen LogP contribution in [0.15, 0.2) is 30.3 Å². The normalized spacial score (nSPS) is 23.5. The molecule has 3 atom stereocenters. The van der Waals surface area contributed by atoms with E-state index >= 15 is 0 Å². The van der Waals surface area contributed by atoms with Crippen molar-refractivity contribution in [2.45, 2.75) is 96.2 Å². The molecule has 1 aliphatic heterocycles. The van der Waals surface area contributed by atoms with Crippen LogP contribution in [-0.4, -0.2) is 69.6 Å². The molecule has 0 bridgehead atoms. The van der Waals surface area contributed by atoms with Gasteiger partial charge >= 0.3 is 12.1 Å². The second-order valence-corrected chi connectivity index (χ2v) is 16.3. The molecule has 0 radical (unpaired) electrons. The van der Waals surface area contributed by atoms with E-state index in [-0.39, 0.29) is 24.6 Å². The highest BCUT2D eigenvalue weighted by Crippen LogP contribution is 2.41. The van der Waals surface area contributed by atoms with E-state index < -0.39 is 43.9 Å². The molecule has 0 unspecified atom stereocenters. The second-order valence-electron chi connectivity index (χ2n) is 11.5. The minimum absolute atomic E-state index is 0.0432. The van der Waals surface area contributed by atoms with Crippen molar-refractivity contribution < 1.29 is 33.0 Å². The van der Waals surface area contributed by atoms with E-state index in [4.69, 9.17) is 23.4 Å². The summed E-state index contributed by atoms with van der Waals surface area (Å²) in [5, 5.41) is -0.0636. The molecule has 1 aliphatic rings. The van der Waals surface area contributed by atoms with Crippen LogP contribution in [0.3, 0.4) is 0 Å². The molecule has 1 aromatic carbocycles. The van der Waals surface area contributed by atoms with Crippen molar-refractivity contribution in [1.82, 2.24) is 4.90 Å². The molecule has 35 heavy (non-hydrogen) atoms. The van der Waals surface area contributed by atoms with Gasteiger partial charge in [-0.25, -0.2) is 9.59 Å². The molecule has 0 spiro atoms. The summed E-state index contributed by atoms with van der Waals surface area (Å²) in [5.41, 5.74) is 0.227. The topological polar surface area (TPSA) is 83.5 Å². The van der Waals surface area contributed by atoms with Crippen LogP contribution in [0.2, 0.25) is 18.1 Å². The van der Waals surface area contributed by atoms with E-state index in [1.165, 1.54) is 14.2 Å². The number of carbonyl (C=O) groups excluding carboxylic acids is 2. The van der Waals surface area contributed by atoms with Gasteiger partial charge in [0, 0.05) is 20.1 Å². The largest absolute Gasteiger partial charge is 0.465 e. The molecule has 0 aliphatic carbocycles. The summed E-state index contributed by atoms with van der Waals surface area (Å²) in [6.45, 7) is 16.6. The predicted octanol–water partition coefficient (Wildman–Crippen LogP) is 5.12. The van der Waals surface area contributed by atoms with Gasteiger partial charge in [-0.05, 0) is 44.5 Å². The third kappa shape index (κ3) is 7.28. The van der Waals surface area contributed by atoms with E-state index in [0.717, 1.165) is 5.56 Å². The van der Waals surface area contributed by atoms with Crippen LogP contribution in [0.1, 0.15) is 53.5 Å².